The number of aromatic amines is 1. The van der Waals surface area contributed by atoms with E-state index in [1.165, 1.54) is 11.9 Å². The molecule has 34 heavy (non-hydrogen) atoms. The van der Waals surface area contributed by atoms with Gasteiger partial charge in [0.25, 0.3) is 11.9 Å². The lowest BCUT2D eigenvalue weighted by Crippen LogP contribution is -2.32. The maximum atomic E-state index is 13.1. The summed E-state index contributed by atoms with van der Waals surface area (Å²) in [5, 5.41) is 15.9. The van der Waals surface area contributed by atoms with Gasteiger partial charge in [-0.3, -0.25) is 14.9 Å². The number of nitrogen functional groups attached to an aromatic ring is 1. The van der Waals surface area contributed by atoms with Gasteiger partial charge in [-0.05, 0) is 60.4 Å². The van der Waals surface area contributed by atoms with Crippen LogP contribution in [0.25, 0.3) is 0 Å². The van der Waals surface area contributed by atoms with E-state index >= 15 is 0 Å². The van der Waals surface area contributed by atoms with E-state index in [0.717, 1.165) is 31.4 Å². The molecule has 3 aromatic rings. The molecule has 1 saturated carbocycles. The Kier molecular flexibility index (Phi) is 6.02. The number of tetrazole rings is 1. The number of aromatic nitrogens is 6. The summed E-state index contributed by atoms with van der Waals surface area (Å²) in [5.74, 6) is 0.946. The van der Waals surface area contributed by atoms with E-state index in [1.54, 1.807) is 4.90 Å². The minimum Gasteiger partial charge on any atom is -0.475 e. The van der Waals surface area contributed by atoms with E-state index in [9.17, 15) is 9.59 Å². The molecule has 0 unspecified atom stereocenters. The minimum atomic E-state index is -0.266. The van der Waals surface area contributed by atoms with Crippen LogP contribution in [0.1, 0.15) is 53.9 Å². The number of benzene rings is 1. The number of rotatable bonds is 5. The summed E-state index contributed by atoms with van der Waals surface area (Å²) in [4.78, 5) is 34.9. The number of anilines is 3. The Labute approximate surface area is 195 Å². The van der Waals surface area contributed by atoms with Gasteiger partial charge in [-0.2, -0.15) is 5.21 Å². The SMILES string of the molecule is Nc1ncnc2c1C(=O)N(c1ccc(C3CCC(CC(=O)Nc4nn[nH]n4)CC3)cc1)CCO2. The van der Waals surface area contributed by atoms with Gasteiger partial charge in [-0.25, -0.2) is 9.97 Å². The first kappa shape index (κ1) is 21.7. The summed E-state index contributed by atoms with van der Waals surface area (Å²) in [6, 6.07) is 8.08. The standard InChI is InChI=1S/C22H25N9O3/c23-19-18-20(25-12-24-19)34-10-9-31(21(18)33)16-7-5-15(6-8-16)14-3-1-13(2-4-14)11-17(32)26-22-27-29-30-28-22/h5-8,12-14H,1-4,9-11H2,(H2,23,24,25)(H2,26,27,28,29,30,32). The highest BCUT2D eigenvalue weighted by atomic mass is 16.5. The molecule has 2 amide bonds. The predicted molar refractivity (Wildman–Crippen MR) is 122 cm³/mol. The molecule has 1 aromatic carbocycles. The Hall–Kier alpha value is -4.09. The number of H-pyrrole nitrogens is 1. The van der Waals surface area contributed by atoms with Gasteiger partial charge < -0.3 is 15.4 Å². The van der Waals surface area contributed by atoms with Crippen molar-refractivity contribution < 1.29 is 14.3 Å². The Balaban J connectivity index is 1.19. The second-order valence-electron chi connectivity index (χ2n) is 8.54. The first-order valence-electron chi connectivity index (χ1n) is 11.3. The molecule has 1 aliphatic carbocycles. The van der Waals surface area contributed by atoms with Gasteiger partial charge in [0, 0.05) is 12.1 Å². The molecule has 3 heterocycles. The lowest BCUT2D eigenvalue weighted by atomic mass is 9.77. The van der Waals surface area contributed by atoms with Crippen molar-refractivity contribution in [1.82, 2.24) is 30.6 Å². The summed E-state index contributed by atoms with van der Waals surface area (Å²) < 4.78 is 5.60. The topological polar surface area (TPSA) is 165 Å². The highest BCUT2D eigenvalue weighted by Crippen LogP contribution is 2.38. The molecule has 0 atom stereocenters. The fraction of sp³-hybridized carbons (Fsp3) is 0.409. The van der Waals surface area contributed by atoms with Crippen LogP contribution >= 0.6 is 0 Å². The van der Waals surface area contributed by atoms with E-state index < -0.39 is 0 Å². The van der Waals surface area contributed by atoms with E-state index in [2.05, 4.69) is 48.0 Å². The van der Waals surface area contributed by atoms with Gasteiger partial charge in [0.15, 0.2) is 0 Å². The Morgan fingerprint density at radius 2 is 1.97 bits per heavy atom. The van der Waals surface area contributed by atoms with E-state index in [1.807, 2.05) is 12.1 Å². The number of nitrogens with one attached hydrogen (secondary N) is 2. The zero-order valence-electron chi connectivity index (χ0n) is 18.5. The van der Waals surface area contributed by atoms with Crippen LogP contribution in [0.2, 0.25) is 0 Å². The van der Waals surface area contributed by atoms with Crippen molar-refractivity contribution in [2.24, 2.45) is 5.92 Å². The summed E-state index contributed by atoms with van der Waals surface area (Å²) in [5.41, 5.74) is 8.14. The van der Waals surface area contributed by atoms with E-state index in [4.69, 9.17) is 10.5 Å². The molecule has 0 saturated heterocycles. The number of hydrogen-bond acceptors (Lipinski definition) is 9. The second kappa shape index (κ2) is 9.41. The maximum absolute atomic E-state index is 13.1. The molecule has 1 aliphatic heterocycles. The number of fused-ring (bicyclic) bond motifs is 1. The van der Waals surface area contributed by atoms with E-state index in [0.29, 0.717) is 31.4 Å². The number of nitrogens with zero attached hydrogens (tertiary/aromatic N) is 6. The molecule has 176 valence electrons. The van der Waals surface area contributed by atoms with Crippen LogP contribution in [0.3, 0.4) is 0 Å². The smallest absolute Gasteiger partial charge is 0.269 e. The zero-order valence-corrected chi connectivity index (χ0v) is 18.5. The van der Waals surface area contributed by atoms with Gasteiger partial charge in [-0.15, -0.1) is 5.10 Å². The normalized spacial score (nSPS) is 20.2. The zero-order chi connectivity index (χ0) is 23.5. The highest BCUT2D eigenvalue weighted by molar-refractivity contribution is 6.10. The van der Waals surface area contributed by atoms with Crippen molar-refractivity contribution in [2.75, 3.05) is 29.1 Å². The van der Waals surface area contributed by atoms with Crippen molar-refractivity contribution in [3.63, 3.8) is 0 Å². The predicted octanol–water partition coefficient (Wildman–Crippen LogP) is 1.91. The monoisotopic (exact) mass is 463 g/mol. The molecule has 12 heteroatoms. The average Bonchev–Trinajstić information content (AvgIpc) is 3.28. The molecule has 0 radical (unpaired) electrons. The number of nitrogens with two attached hydrogens (primary N) is 1. The summed E-state index contributed by atoms with van der Waals surface area (Å²) >= 11 is 0. The van der Waals surface area contributed by atoms with E-state index in [-0.39, 0.29) is 35.0 Å². The van der Waals surface area contributed by atoms with Crippen molar-refractivity contribution >= 4 is 29.3 Å². The van der Waals surface area contributed by atoms with Crippen LogP contribution in [0.4, 0.5) is 17.5 Å². The third kappa shape index (κ3) is 4.51. The van der Waals surface area contributed by atoms with Crippen molar-refractivity contribution in [3.05, 3.63) is 41.7 Å². The molecule has 2 aromatic heterocycles. The summed E-state index contributed by atoms with van der Waals surface area (Å²) in [6.45, 7) is 0.715. The molecule has 0 bridgehead atoms. The summed E-state index contributed by atoms with van der Waals surface area (Å²) in [7, 11) is 0. The lowest BCUT2D eigenvalue weighted by Gasteiger charge is -2.29. The van der Waals surface area contributed by atoms with Crippen molar-refractivity contribution in [1.29, 1.82) is 0 Å². The van der Waals surface area contributed by atoms with Gasteiger partial charge >= 0.3 is 0 Å². The van der Waals surface area contributed by atoms with Gasteiger partial charge in [0.05, 0.1) is 6.54 Å². The van der Waals surface area contributed by atoms with Crippen molar-refractivity contribution in [3.8, 4) is 5.88 Å². The number of ether oxygens (including phenoxy) is 1. The first-order chi connectivity index (χ1) is 16.6. The fourth-order valence-corrected chi connectivity index (χ4v) is 4.69. The average molecular weight is 464 g/mol. The molecular formula is C22H25N9O3. The fourth-order valence-electron chi connectivity index (χ4n) is 4.69. The van der Waals surface area contributed by atoms with Crippen LogP contribution in [0.15, 0.2) is 30.6 Å². The number of hydrogen-bond donors (Lipinski definition) is 3. The largest absolute Gasteiger partial charge is 0.475 e. The van der Waals surface area contributed by atoms with Crippen molar-refractivity contribution in [2.45, 2.75) is 38.0 Å². The van der Waals surface area contributed by atoms with Crippen LogP contribution in [-0.2, 0) is 4.79 Å². The molecule has 4 N–H and O–H groups in total. The second-order valence-corrected chi connectivity index (χ2v) is 8.54. The molecule has 5 rings (SSSR count). The van der Waals surface area contributed by atoms with Crippen LogP contribution < -0.4 is 20.7 Å². The Bertz CT molecular complexity index is 1160. The molecule has 2 aliphatic rings. The molecular weight excluding hydrogens is 438 g/mol. The maximum Gasteiger partial charge on any atom is 0.269 e. The summed E-state index contributed by atoms with van der Waals surface area (Å²) in [6.07, 6.45) is 5.72. The number of carbonyl (C=O) groups excluding carboxylic acids is 2. The van der Waals surface area contributed by atoms with Gasteiger partial charge in [-0.1, -0.05) is 17.2 Å². The minimum absolute atomic E-state index is 0.0899. The molecule has 12 nitrogen and oxygen atoms in total. The highest BCUT2D eigenvalue weighted by Gasteiger charge is 2.29. The molecule has 0 spiro atoms. The third-order valence-corrected chi connectivity index (χ3v) is 6.45. The molecule has 1 fully saturated rings. The number of carbonyl (C=O) groups is 2. The first-order valence-corrected chi connectivity index (χ1v) is 11.3. The van der Waals surface area contributed by atoms with Gasteiger partial charge in [0.1, 0.15) is 24.3 Å². The van der Waals surface area contributed by atoms with Gasteiger partial charge in [0.2, 0.25) is 11.8 Å². The van der Waals surface area contributed by atoms with Crippen LogP contribution in [-0.4, -0.2) is 55.6 Å². The van der Waals surface area contributed by atoms with Crippen LogP contribution in [0.5, 0.6) is 5.88 Å². The third-order valence-electron chi connectivity index (χ3n) is 6.45. The number of amides is 2. The Morgan fingerprint density at radius 1 is 1.18 bits per heavy atom. The lowest BCUT2D eigenvalue weighted by molar-refractivity contribution is -0.117. The quantitative estimate of drug-likeness (QED) is 0.512. The Morgan fingerprint density at radius 3 is 2.71 bits per heavy atom. The van der Waals surface area contributed by atoms with Crippen LogP contribution in [0, 0.1) is 5.92 Å².